The lowest BCUT2D eigenvalue weighted by molar-refractivity contribution is -0.120. The third-order valence-corrected chi connectivity index (χ3v) is 4.56. The van der Waals surface area contributed by atoms with Crippen LogP contribution in [0.4, 0.5) is 4.79 Å². The van der Waals surface area contributed by atoms with E-state index in [1.54, 1.807) is 7.11 Å². The van der Waals surface area contributed by atoms with Crippen LogP contribution in [0.15, 0.2) is 54.6 Å². The third kappa shape index (κ3) is 8.71. The molecule has 4 N–H and O–H groups in total. The maximum Gasteiger partial charge on any atom is 0.407 e. The van der Waals surface area contributed by atoms with E-state index in [4.69, 9.17) is 15.2 Å². The Hall–Kier alpha value is -2.77. The topological polar surface area (TPSA) is 103 Å². The molecule has 2 aromatic carbocycles. The van der Waals surface area contributed by atoms with Gasteiger partial charge in [0.2, 0.25) is 5.91 Å². The van der Waals surface area contributed by atoms with Gasteiger partial charge >= 0.3 is 6.09 Å². The summed E-state index contributed by atoms with van der Waals surface area (Å²) in [6.07, 6.45) is 0.620. The number of amides is 2. The number of rotatable bonds is 11. The highest BCUT2D eigenvalue weighted by Gasteiger charge is 2.18. The molecule has 0 unspecified atom stereocenters. The smallest absolute Gasteiger partial charge is 0.407 e. The molecule has 2 aromatic rings. The number of benzene rings is 2. The first-order valence-electron chi connectivity index (χ1n) is 9.63. The minimum Gasteiger partial charge on any atom is -0.497 e. The molecule has 0 heterocycles. The maximum atomic E-state index is 11.8. The molecule has 0 saturated heterocycles. The summed E-state index contributed by atoms with van der Waals surface area (Å²) in [7, 11) is 1.62. The highest BCUT2D eigenvalue weighted by Crippen LogP contribution is 2.18. The van der Waals surface area contributed by atoms with Crippen molar-refractivity contribution in [3.63, 3.8) is 0 Å². The zero-order valence-corrected chi connectivity index (χ0v) is 18.1. The fourth-order valence-electron chi connectivity index (χ4n) is 2.87. The zero-order valence-electron chi connectivity index (χ0n) is 17.3. The molecule has 0 bridgehead atoms. The number of hydrogen-bond donors (Lipinski definition) is 3. The zero-order chi connectivity index (χ0) is 21.1. The number of primary amides is 1. The molecule has 0 aliphatic rings. The van der Waals surface area contributed by atoms with E-state index >= 15 is 0 Å². The Bertz CT molecular complexity index is 772. The third-order valence-electron chi connectivity index (χ3n) is 4.56. The summed E-state index contributed by atoms with van der Waals surface area (Å²) >= 11 is 0. The maximum absolute atomic E-state index is 11.8. The van der Waals surface area contributed by atoms with Crippen molar-refractivity contribution in [3.05, 3.63) is 65.7 Å². The van der Waals surface area contributed by atoms with Crippen LogP contribution >= 0.6 is 12.4 Å². The predicted octanol–water partition coefficient (Wildman–Crippen LogP) is 3.33. The summed E-state index contributed by atoms with van der Waals surface area (Å²) in [5.41, 5.74) is 7.48. The Morgan fingerprint density at radius 2 is 1.73 bits per heavy atom. The highest BCUT2D eigenvalue weighted by atomic mass is 35.5. The lowest BCUT2D eigenvalue weighted by Gasteiger charge is -2.21. The van der Waals surface area contributed by atoms with Gasteiger partial charge in [-0.3, -0.25) is 10.1 Å². The fraction of sp³-hybridized carbons (Fsp3) is 0.364. The molecular formula is C22H30ClN3O4. The molecule has 0 aliphatic heterocycles. The molecule has 164 valence electrons. The van der Waals surface area contributed by atoms with Crippen LogP contribution in [0, 0.1) is 0 Å². The molecular weight excluding hydrogens is 406 g/mol. The molecule has 30 heavy (non-hydrogen) atoms. The minimum absolute atomic E-state index is 0. The van der Waals surface area contributed by atoms with Gasteiger partial charge in [-0.2, -0.15) is 0 Å². The first kappa shape index (κ1) is 25.3. The molecule has 0 aliphatic carbocycles. The molecule has 0 spiro atoms. The molecule has 0 radical (unpaired) electrons. The van der Waals surface area contributed by atoms with E-state index in [1.807, 2.05) is 61.5 Å². The van der Waals surface area contributed by atoms with Crippen molar-refractivity contribution in [3.8, 4) is 5.75 Å². The molecule has 0 saturated carbocycles. The molecule has 0 fully saturated rings. The van der Waals surface area contributed by atoms with Gasteiger partial charge in [-0.15, -0.1) is 12.4 Å². The Labute approximate surface area is 183 Å². The fourth-order valence-corrected chi connectivity index (χ4v) is 2.87. The minimum atomic E-state index is -0.491. The van der Waals surface area contributed by atoms with Gasteiger partial charge in [0.05, 0.1) is 13.2 Å². The second-order valence-electron chi connectivity index (χ2n) is 6.75. The molecule has 7 nitrogen and oxygen atoms in total. The van der Waals surface area contributed by atoms with Crippen LogP contribution in [0.25, 0.3) is 0 Å². The van der Waals surface area contributed by atoms with Gasteiger partial charge in [-0.05, 0) is 43.0 Å². The van der Waals surface area contributed by atoms with Gasteiger partial charge in [-0.1, -0.05) is 42.5 Å². The van der Waals surface area contributed by atoms with Gasteiger partial charge in [0, 0.05) is 12.6 Å². The van der Waals surface area contributed by atoms with Crippen molar-refractivity contribution in [2.24, 2.45) is 5.73 Å². The number of carbonyl (C=O) groups is 2. The van der Waals surface area contributed by atoms with Gasteiger partial charge in [-0.25, -0.2) is 4.79 Å². The summed E-state index contributed by atoms with van der Waals surface area (Å²) in [4.78, 5) is 23.5. The van der Waals surface area contributed by atoms with Crippen LogP contribution < -0.4 is 21.1 Å². The van der Waals surface area contributed by atoms with Crippen LogP contribution in [0.5, 0.6) is 5.75 Å². The second-order valence-corrected chi connectivity index (χ2v) is 6.75. The average Bonchev–Trinajstić information content (AvgIpc) is 2.74. The van der Waals surface area contributed by atoms with Gasteiger partial charge < -0.3 is 20.5 Å². The SMILES string of the molecule is COc1ccc([C@@H](C)N[C@H](CCCNC(=O)OCc2ccccc2)C(N)=O)cc1.Cl. The van der Waals surface area contributed by atoms with E-state index in [2.05, 4.69) is 10.6 Å². The molecule has 2 amide bonds. The summed E-state index contributed by atoms with van der Waals surface area (Å²) in [5.74, 6) is 0.356. The van der Waals surface area contributed by atoms with E-state index in [9.17, 15) is 9.59 Å². The van der Waals surface area contributed by atoms with Crippen LogP contribution in [0.1, 0.15) is 36.9 Å². The Balaban J connectivity index is 0.00000450. The van der Waals surface area contributed by atoms with Crippen LogP contribution in [0.2, 0.25) is 0 Å². The standard InChI is InChI=1S/C22H29N3O4.ClH/c1-16(18-10-12-19(28-2)13-11-18)25-20(21(23)26)9-6-14-24-22(27)29-15-17-7-4-3-5-8-17;/h3-5,7-8,10-13,16,20,25H,6,9,14-15H2,1-2H3,(H2,23,26)(H,24,27);1H/t16-,20-;/m1./s1. The predicted molar refractivity (Wildman–Crippen MR) is 119 cm³/mol. The van der Waals surface area contributed by atoms with E-state index < -0.39 is 18.0 Å². The number of alkyl carbamates (subject to hydrolysis) is 1. The lowest BCUT2D eigenvalue weighted by atomic mass is 10.0. The molecule has 2 atom stereocenters. The van der Waals surface area contributed by atoms with Crippen molar-refractivity contribution >= 4 is 24.4 Å². The van der Waals surface area contributed by atoms with Crippen LogP contribution in [0.3, 0.4) is 0 Å². The highest BCUT2D eigenvalue weighted by molar-refractivity contribution is 5.85. The van der Waals surface area contributed by atoms with E-state index in [0.717, 1.165) is 16.9 Å². The lowest BCUT2D eigenvalue weighted by Crippen LogP contribution is -2.43. The Kier molecular flexibility index (Phi) is 11.3. The van der Waals surface area contributed by atoms with Crippen LogP contribution in [-0.2, 0) is 16.1 Å². The quantitative estimate of drug-likeness (QED) is 0.470. The first-order valence-corrected chi connectivity index (χ1v) is 9.63. The molecule has 8 heteroatoms. The number of halogens is 1. The van der Waals surface area contributed by atoms with Crippen molar-refractivity contribution in [2.45, 2.75) is 38.5 Å². The van der Waals surface area contributed by atoms with E-state index in [-0.39, 0.29) is 25.1 Å². The van der Waals surface area contributed by atoms with Gasteiger partial charge in [0.25, 0.3) is 0 Å². The summed E-state index contributed by atoms with van der Waals surface area (Å²) in [5, 5.41) is 5.94. The van der Waals surface area contributed by atoms with Crippen molar-refractivity contribution in [1.82, 2.24) is 10.6 Å². The second kappa shape index (κ2) is 13.5. The monoisotopic (exact) mass is 435 g/mol. The van der Waals surface area contributed by atoms with Crippen molar-refractivity contribution < 1.29 is 19.1 Å². The summed E-state index contributed by atoms with van der Waals surface area (Å²) < 4.78 is 10.3. The average molecular weight is 436 g/mol. The normalized spacial score (nSPS) is 12.2. The molecule has 0 aromatic heterocycles. The van der Waals surface area contributed by atoms with Gasteiger partial charge in [0.1, 0.15) is 12.4 Å². The summed E-state index contributed by atoms with van der Waals surface area (Å²) in [6, 6.07) is 16.5. The van der Waals surface area contributed by atoms with Crippen molar-refractivity contribution in [1.29, 1.82) is 0 Å². The number of nitrogens with two attached hydrogens (primary N) is 1. The largest absolute Gasteiger partial charge is 0.497 e. The Morgan fingerprint density at radius 1 is 1.07 bits per heavy atom. The van der Waals surface area contributed by atoms with E-state index in [0.29, 0.717) is 19.4 Å². The van der Waals surface area contributed by atoms with Crippen molar-refractivity contribution in [2.75, 3.05) is 13.7 Å². The number of carbonyl (C=O) groups excluding carboxylic acids is 2. The molecule has 2 rings (SSSR count). The number of nitrogens with one attached hydrogen (secondary N) is 2. The van der Waals surface area contributed by atoms with Gasteiger partial charge in [0.15, 0.2) is 0 Å². The van der Waals surface area contributed by atoms with Crippen LogP contribution in [-0.4, -0.2) is 31.7 Å². The number of hydrogen-bond acceptors (Lipinski definition) is 5. The summed E-state index contributed by atoms with van der Waals surface area (Å²) in [6.45, 7) is 2.59. The Morgan fingerprint density at radius 3 is 2.33 bits per heavy atom. The number of ether oxygens (including phenoxy) is 2. The van der Waals surface area contributed by atoms with E-state index in [1.165, 1.54) is 0 Å². The first-order chi connectivity index (χ1) is 14.0. The number of methoxy groups -OCH3 is 1.